The van der Waals surface area contributed by atoms with Crippen molar-refractivity contribution in [2.75, 3.05) is 39.4 Å². The van der Waals surface area contributed by atoms with Gasteiger partial charge in [0.2, 0.25) is 0 Å². The second kappa shape index (κ2) is 11.0. The zero-order chi connectivity index (χ0) is 25.1. The van der Waals surface area contributed by atoms with Crippen molar-refractivity contribution in [3.05, 3.63) is 69.2 Å². The van der Waals surface area contributed by atoms with Crippen molar-refractivity contribution in [3.63, 3.8) is 0 Å². The summed E-state index contributed by atoms with van der Waals surface area (Å²) in [6, 6.07) is 10.8. The SMILES string of the molecule is CC(C)Oc1ccc(/C(O)=C2\C(=O)C(=O)N(CCN3CCOCC3)C2c2ccc(Cl)cc2Cl)cc1. The van der Waals surface area contributed by atoms with E-state index < -0.39 is 17.7 Å². The molecule has 186 valence electrons. The number of Topliss-reactive ketones (excluding diaryl/α,β-unsaturated/α-hetero) is 1. The summed E-state index contributed by atoms with van der Waals surface area (Å²) in [6.07, 6.45) is -0.00159. The fraction of sp³-hybridized carbons (Fsp3) is 0.385. The Labute approximate surface area is 214 Å². The molecule has 7 nitrogen and oxygen atoms in total. The Balaban J connectivity index is 1.73. The third kappa shape index (κ3) is 5.64. The summed E-state index contributed by atoms with van der Waals surface area (Å²) < 4.78 is 11.1. The van der Waals surface area contributed by atoms with E-state index in [1.807, 2.05) is 13.8 Å². The van der Waals surface area contributed by atoms with E-state index in [0.29, 0.717) is 53.2 Å². The first-order chi connectivity index (χ1) is 16.8. The second-order valence-electron chi connectivity index (χ2n) is 8.80. The average Bonchev–Trinajstić information content (AvgIpc) is 3.08. The number of carbonyl (C=O) groups is 2. The summed E-state index contributed by atoms with van der Waals surface area (Å²) in [4.78, 5) is 30.0. The minimum Gasteiger partial charge on any atom is -0.507 e. The molecule has 35 heavy (non-hydrogen) atoms. The van der Waals surface area contributed by atoms with Crippen LogP contribution in [-0.4, -0.2) is 72.1 Å². The van der Waals surface area contributed by atoms with Gasteiger partial charge in [-0.2, -0.15) is 0 Å². The molecule has 0 saturated carbocycles. The maximum Gasteiger partial charge on any atom is 0.295 e. The molecule has 2 aromatic carbocycles. The molecule has 9 heteroatoms. The number of halogens is 2. The first kappa shape index (κ1) is 25.5. The molecule has 1 atom stereocenters. The van der Waals surface area contributed by atoms with Gasteiger partial charge in [0.05, 0.1) is 30.9 Å². The van der Waals surface area contributed by atoms with Crippen LogP contribution >= 0.6 is 23.2 Å². The van der Waals surface area contributed by atoms with Crippen molar-refractivity contribution in [2.24, 2.45) is 0 Å². The Morgan fingerprint density at radius 1 is 1.09 bits per heavy atom. The number of hydrogen-bond donors (Lipinski definition) is 1. The van der Waals surface area contributed by atoms with E-state index in [0.717, 1.165) is 13.1 Å². The summed E-state index contributed by atoms with van der Waals surface area (Å²) in [6.45, 7) is 7.46. The van der Waals surface area contributed by atoms with Gasteiger partial charge in [-0.25, -0.2) is 0 Å². The Morgan fingerprint density at radius 3 is 2.40 bits per heavy atom. The highest BCUT2D eigenvalue weighted by Gasteiger charge is 2.46. The highest BCUT2D eigenvalue weighted by atomic mass is 35.5. The highest BCUT2D eigenvalue weighted by Crippen LogP contribution is 2.42. The zero-order valence-electron chi connectivity index (χ0n) is 19.7. The van der Waals surface area contributed by atoms with Crippen molar-refractivity contribution < 1.29 is 24.2 Å². The fourth-order valence-corrected chi connectivity index (χ4v) is 4.86. The van der Waals surface area contributed by atoms with Crippen LogP contribution in [0.25, 0.3) is 5.76 Å². The number of aliphatic hydroxyl groups is 1. The maximum absolute atomic E-state index is 13.2. The fourth-order valence-electron chi connectivity index (χ4n) is 4.35. The molecule has 2 fully saturated rings. The van der Waals surface area contributed by atoms with Crippen LogP contribution in [-0.2, 0) is 14.3 Å². The molecule has 2 aliphatic heterocycles. The van der Waals surface area contributed by atoms with E-state index in [4.69, 9.17) is 32.7 Å². The molecule has 0 radical (unpaired) electrons. The van der Waals surface area contributed by atoms with Crippen molar-refractivity contribution in [1.82, 2.24) is 9.80 Å². The van der Waals surface area contributed by atoms with Crippen molar-refractivity contribution in [1.29, 1.82) is 0 Å². The lowest BCUT2D eigenvalue weighted by atomic mass is 9.95. The molecule has 1 amide bonds. The quantitative estimate of drug-likeness (QED) is 0.329. The van der Waals surface area contributed by atoms with E-state index in [9.17, 15) is 14.7 Å². The maximum atomic E-state index is 13.2. The predicted molar refractivity (Wildman–Crippen MR) is 135 cm³/mol. The number of amides is 1. The molecular formula is C26H28Cl2N2O5. The zero-order valence-corrected chi connectivity index (χ0v) is 21.2. The average molecular weight is 519 g/mol. The third-order valence-electron chi connectivity index (χ3n) is 6.06. The van der Waals surface area contributed by atoms with Gasteiger partial charge >= 0.3 is 0 Å². The molecule has 0 spiro atoms. The lowest BCUT2D eigenvalue weighted by Crippen LogP contribution is -2.42. The number of benzene rings is 2. The minimum atomic E-state index is -0.840. The molecule has 1 N–H and O–H groups in total. The van der Waals surface area contributed by atoms with Crippen LogP contribution in [0, 0.1) is 0 Å². The first-order valence-corrected chi connectivity index (χ1v) is 12.3. The Bertz CT molecular complexity index is 1130. The van der Waals surface area contributed by atoms with Crippen LogP contribution in [0.4, 0.5) is 0 Å². The van der Waals surface area contributed by atoms with E-state index >= 15 is 0 Å². The molecule has 0 aliphatic carbocycles. The van der Waals surface area contributed by atoms with Crippen molar-refractivity contribution in [2.45, 2.75) is 26.0 Å². The molecule has 4 rings (SSSR count). The number of morpholine rings is 1. The van der Waals surface area contributed by atoms with Gasteiger partial charge in [0.1, 0.15) is 11.5 Å². The lowest BCUT2D eigenvalue weighted by Gasteiger charge is -2.31. The number of carbonyl (C=O) groups excluding carboxylic acids is 2. The molecular weight excluding hydrogens is 491 g/mol. The van der Waals surface area contributed by atoms with Gasteiger partial charge in [-0.3, -0.25) is 14.5 Å². The number of rotatable bonds is 7. The molecule has 2 aromatic rings. The van der Waals surface area contributed by atoms with Gasteiger partial charge < -0.3 is 19.5 Å². The van der Waals surface area contributed by atoms with E-state index in [1.54, 1.807) is 42.5 Å². The molecule has 2 heterocycles. The molecule has 2 saturated heterocycles. The smallest absolute Gasteiger partial charge is 0.295 e. The number of ketones is 1. The van der Waals surface area contributed by atoms with Gasteiger partial charge in [0, 0.05) is 41.8 Å². The Kier molecular flexibility index (Phi) is 8.02. The molecule has 2 aliphatic rings. The highest BCUT2D eigenvalue weighted by molar-refractivity contribution is 6.47. The Hall–Kier alpha value is -2.58. The van der Waals surface area contributed by atoms with E-state index in [1.165, 1.54) is 4.90 Å². The van der Waals surface area contributed by atoms with E-state index in [2.05, 4.69) is 4.90 Å². The van der Waals surface area contributed by atoms with Gasteiger partial charge in [-0.1, -0.05) is 29.3 Å². The summed E-state index contributed by atoms with van der Waals surface area (Å²) in [5.74, 6) is -1.04. The monoisotopic (exact) mass is 518 g/mol. The van der Waals surface area contributed by atoms with Crippen molar-refractivity contribution in [3.8, 4) is 5.75 Å². The number of hydrogen-bond acceptors (Lipinski definition) is 6. The summed E-state index contributed by atoms with van der Waals surface area (Å²) in [5.41, 5.74) is 0.930. The van der Waals surface area contributed by atoms with Crippen LogP contribution in [0.5, 0.6) is 5.75 Å². The standard InChI is InChI=1S/C26H28Cl2N2O5/c1-16(2)35-19-6-3-17(4-7-19)24(31)22-23(20-8-5-18(27)15-21(20)28)30(26(33)25(22)32)10-9-29-11-13-34-14-12-29/h3-8,15-16,23,31H,9-14H2,1-2H3/b24-22+. The molecule has 0 aromatic heterocycles. The normalized spacial score (nSPS) is 20.6. The number of ether oxygens (including phenoxy) is 2. The summed E-state index contributed by atoms with van der Waals surface area (Å²) in [7, 11) is 0. The number of aliphatic hydroxyl groups excluding tert-OH is 1. The topological polar surface area (TPSA) is 79.3 Å². The van der Waals surface area contributed by atoms with E-state index in [-0.39, 0.29) is 17.4 Å². The van der Waals surface area contributed by atoms with Crippen LogP contribution in [0.2, 0.25) is 10.0 Å². The minimum absolute atomic E-state index is 0.00118. The first-order valence-electron chi connectivity index (χ1n) is 11.6. The van der Waals surface area contributed by atoms with Crippen molar-refractivity contribution >= 4 is 40.7 Å². The number of nitrogens with zero attached hydrogens (tertiary/aromatic N) is 2. The van der Waals surface area contributed by atoms with Crippen LogP contribution in [0.3, 0.4) is 0 Å². The lowest BCUT2D eigenvalue weighted by molar-refractivity contribution is -0.140. The van der Waals surface area contributed by atoms with Gasteiger partial charge in [-0.05, 0) is 55.8 Å². The molecule has 0 bridgehead atoms. The largest absolute Gasteiger partial charge is 0.507 e. The number of likely N-dealkylation sites (tertiary alicyclic amines) is 1. The van der Waals surface area contributed by atoms with Gasteiger partial charge in [0.25, 0.3) is 11.7 Å². The molecule has 1 unspecified atom stereocenters. The van der Waals surface area contributed by atoms with Crippen LogP contribution in [0.15, 0.2) is 48.0 Å². The summed E-state index contributed by atoms with van der Waals surface area (Å²) >= 11 is 12.6. The van der Waals surface area contributed by atoms with Crippen LogP contribution in [0.1, 0.15) is 31.0 Å². The summed E-state index contributed by atoms with van der Waals surface area (Å²) in [5, 5.41) is 12.0. The van der Waals surface area contributed by atoms with Gasteiger partial charge in [-0.15, -0.1) is 0 Å². The second-order valence-corrected chi connectivity index (χ2v) is 9.65. The third-order valence-corrected chi connectivity index (χ3v) is 6.62. The predicted octanol–water partition coefficient (Wildman–Crippen LogP) is 4.53. The van der Waals surface area contributed by atoms with Crippen LogP contribution < -0.4 is 4.74 Å². The van der Waals surface area contributed by atoms with Gasteiger partial charge in [0.15, 0.2) is 0 Å². The Morgan fingerprint density at radius 2 is 1.77 bits per heavy atom.